The van der Waals surface area contributed by atoms with Gasteiger partial charge in [-0.15, -0.1) is 0 Å². The molecule has 0 fully saturated rings. The fourth-order valence-corrected chi connectivity index (χ4v) is 2.86. The lowest BCUT2D eigenvalue weighted by molar-refractivity contribution is -0.384. The largest absolute Gasteiger partial charge is 0.497 e. The molecule has 1 aromatic heterocycles. The van der Waals surface area contributed by atoms with Crippen molar-refractivity contribution in [3.63, 3.8) is 0 Å². The Balaban J connectivity index is 1.72. The summed E-state index contributed by atoms with van der Waals surface area (Å²) in [5.74, 6) is -0.929. The summed E-state index contributed by atoms with van der Waals surface area (Å²) < 4.78 is 15.7. The Kier molecular flexibility index (Phi) is 5.49. The number of para-hydroxylation sites is 1. The highest BCUT2D eigenvalue weighted by atomic mass is 16.6. The average Bonchev–Trinajstić information content (AvgIpc) is 3.03. The van der Waals surface area contributed by atoms with E-state index in [1.165, 1.54) is 19.2 Å². The predicted octanol–water partition coefficient (Wildman–Crippen LogP) is 3.76. The van der Waals surface area contributed by atoms with Crippen molar-refractivity contribution >= 4 is 34.2 Å². The van der Waals surface area contributed by atoms with Gasteiger partial charge in [-0.3, -0.25) is 14.9 Å². The molecule has 0 atom stereocenters. The maximum Gasteiger partial charge on any atom is 0.375 e. The molecule has 0 saturated carbocycles. The molecule has 0 spiro atoms. The number of nitrogens with one attached hydrogen (secondary N) is 1. The second kappa shape index (κ2) is 8.01. The van der Waals surface area contributed by atoms with Crippen LogP contribution >= 0.6 is 0 Å². The number of anilines is 1. The van der Waals surface area contributed by atoms with Crippen molar-refractivity contribution in [3.8, 4) is 5.75 Å². The number of hydrogen-bond acceptors (Lipinski definition) is 7. The highest BCUT2D eigenvalue weighted by Crippen LogP contribution is 2.30. The van der Waals surface area contributed by atoms with Gasteiger partial charge in [-0.05, 0) is 37.6 Å². The lowest BCUT2D eigenvalue weighted by Crippen LogP contribution is -2.22. The molecular weight excluding hydrogens is 380 g/mol. The second-order valence-electron chi connectivity index (χ2n) is 6.27. The number of rotatable bonds is 6. The van der Waals surface area contributed by atoms with E-state index in [2.05, 4.69) is 5.32 Å². The van der Waals surface area contributed by atoms with Crippen LogP contribution in [0.15, 0.2) is 40.8 Å². The van der Waals surface area contributed by atoms with Gasteiger partial charge in [-0.1, -0.05) is 12.1 Å². The Bertz CT molecular complexity index is 1120. The fourth-order valence-electron chi connectivity index (χ4n) is 2.86. The van der Waals surface area contributed by atoms with Crippen LogP contribution in [-0.4, -0.2) is 30.5 Å². The summed E-state index contributed by atoms with van der Waals surface area (Å²) in [5.41, 5.74) is 1.37. The fraction of sp³-hybridized carbons (Fsp3) is 0.200. The highest BCUT2D eigenvalue weighted by Gasteiger charge is 2.22. The molecule has 29 heavy (non-hydrogen) atoms. The van der Waals surface area contributed by atoms with E-state index in [1.54, 1.807) is 38.1 Å². The number of methoxy groups -OCH3 is 1. The van der Waals surface area contributed by atoms with Crippen molar-refractivity contribution in [3.05, 3.63) is 63.4 Å². The van der Waals surface area contributed by atoms with Crippen molar-refractivity contribution in [2.24, 2.45) is 0 Å². The topological polar surface area (TPSA) is 121 Å². The number of nitrogens with zero attached hydrogens (tertiary/aromatic N) is 1. The Morgan fingerprint density at radius 1 is 1.21 bits per heavy atom. The van der Waals surface area contributed by atoms with Gasteiger partial charge in [0, 0.05) is 17.0 Å². The standard InChI is InChI=1S/C20H18N2O7/c1-11-5-4-6-15(22(25)26)18(11)21-17(23)10-28-20(24)19-12(2)14-9-13(27-3)7-8-16(14)29-19/h4-9H,10H2,1-3H3,(H,21,23). The van der Waals surface area contributed by atoms with E-state index in [0.29, 0.717) is 27.8 Å². The van der Waals surface area contributed by atoms with Gasteiger partial charge >= 0.3 is 5.97 Å². The Hall–Kier alpha value is -3.88. The van der Waals surface area contributed by atoms with Crippen LogP contribution in [0, 0.1) is 24.0 Å². The summed E-state index contributed by atoms with van der Waals surface area (Å²) >= 11 is 0. The van der Waals surface area contributed by atoms with Crippen molar-refractivity contribution in [2.75, 3.05) is 19.0 Å². The zero-order valence-corrected chi connectivity index (χ0v) is 16.0. The molecule has 0 radical (unpaired) electrons. The number of fused-ring (bicyclic) bond motifs is 1. The highest BCUT2D eigenvalue weighted by molar-refractivity contribution is 5.99. The van der Waals surface area contributed by atoms with Gasteiger partial charge in [0.05, 0.1) is 12.0 Å². The number of benzene rings is 2. The molecule has 1 heterocycles. The van der Waals surface area contributed by atoms with Gasteiger partial charge in [0.2, 0.25) is 5.76 Å². The van der Waals surface area contributed by atoms with Gasteiger partial charge in [-0.2, -0.15) is 0 Å². The molecule has 0 aliphatic carbocycles. The number of carbonyl (C=O) groups is 2. The quantitative estimate of drug-likeness (QED) is 0.381. The molecule has 2 aromatic carbocycles. The molecule has 9 nitrogen and oxygen atoms in total. The van der Waals surface area contributed by atoms with Crippen LogP contribution in [0.25, 0.3) is 11.0 Å². The van der Waals surface area contributed by atoms with Crippen LogP contribution in [0.4, 0.5) is 11.4 Å². The Morgan fingerprint density at radius 2 is 1.97 bits per heavy atom. The summed E-state index contributed by atoms with van der Waals surface area (Å²) in [4.78, 5) is 35.0. The van der Waals surface area contributed by atoms with Gasteiger partial charge < -0.3 is 19.2 Å². The molecule has 0 aliphatic heterocycles. The van der Waals surface area contributed by atoms with Crippen LogP contribution in [0.2, 0.25) is 0 Å². The van der Waals surface area contributed by atoms with Crippen LogP contribution in [0.1, 0.15) is 21.7 Å². The van der Waals surface area contributed by atoms with Gasteiger partial charge in [-0.25, -0.2) is 4.79 Å². The first kappa shape index (κ1) is 19.9. The number of ether oxygens (including phenoxy) is 2. The zero-order valence-electron chi connectivity index (χ0n) is 16.0. The minimum Gasteiger partial charge on any atom is -0.497 e. The van der Waals surface area contributed by atoms with Crippen LogP contribution in [-0.2, 0) is 9.53 Å². The molecule has 150 valence electrons. The summed E-state index contributed by atoms with van der Waals surface area (Å²) in [6.45, 7) is 2.70. The minimum atomic E-state index is -0.813. The lowest BCUT2D eigenvalue weighted by atomic mass is 10.1. The molecule has 9 heteroatoms. The van der Waals surface area contributed by atoms with Crippen LogP contribution in [0.5, 0.6) is 5.75 Å². The first-order valence-corrected chi connectivity index (χ1v) is 8.60. The van der Waals surface area contributed by atoms with E-state index in [0.717, 1.165) is 0 Å². The Morgan fingerprint density at radius 3 is 2.66 bits per heavy atom. The first-order valence-electron chi connectivity index (χ1n) is 8.60. The molecule has 1 amide bonds. The summed E-state index contributed by atoms with van der Waals surface area (Å²) in [5, 5.41) is 14.2. The second-order valence-corrected chi connectivity index (χ2v) is 6.27. The first-order chi connectivity index (χ1) is 13.8. The maximum atomic E-state index is 12.4. The van der Waals surface area contributed by atoms with Crippen molar-refractivity contribution in [1.82, 2.24) is 0 Å². The molecule has 0 aliphatic rings. The molecular formula is C20H18N2O7. The van der Waals surface area contributed by atoms with E-state index >= 15 is 0 Å². The molecule has 0 unspecified atom stereocenters. The third-order valence-corrected chi connectivity index (χ3v) is 4.38. The van der Waals surface area contributed by atoms with Crippen LogP contribution < -0.4 is 10.1 Å². The maximum absolute atomic E-state index is 12.4. The number of nitro benzene ring substituents is 1. The molecule has 0 bridgehead atoms. The minimum absolute atomic E-state index is 0.0251. The number of amides is 1. The molecule has 1 N–H and O–H groups in total. The van der Waals surface area contributed by atoms with E-state index in [-0.39, 0.29) is 17.1 Å². The monoisotopic (exact) mass is 398 g/mol. The smallest absolute Gasteiger partial charge is 0.375 e. The molecule has 0 saturated heterocycles. The zero-order chi connectivity index (χ0) is 21.1. The van der Waals surface area contributed by atoms with Crippen molar-refractivity contribution in [2.45, 2.75) is 13.8 Å². The van der Waals surface area contributed by atoms with E-state index < -0.39 is 23.4 Å². The third kappa shape index (κ3) is 4.03. The number of aryl methyl sites for hydroxylation is 2. The number of hydrogen-bond donors (Lipinski definition) is 1. The van der Waals surface area contributed by atoms with Crippen molar-refractivity contribution < 1.29 is 28.4 Å². The summed E-state index contributed by atoms with van der Waals surface area (Å²) in [6.07, 6.45) is 0. The average molecular weight is 398 g/mol. The van der Waals surface area contributed by atoms with Gasteiger partial charge in [0.1, 0.15) is 17.0 Å². The number of nitro groups is 1. The SMILES string of the molecule is COc1ccc2oc(C(=O)OCC(=O)Nc3c(C)cccc3[N+](=O)[O-])c(C)c2c1. The van der Waals surface area contributed by atoms with E-state index in [4.69, 9.17) is 13.9 Å². The molecule has 3 rings (SSSR count). The lowest BCUT2D eigenvalue weighted by Gasteiger charge is -2.09. The van der Waals surface area contributed by atoms with Gasteiger partial charge in [0.15, 0.2) is 6.61 Å². The summed E-state index contributed by atoms with van der Waals surface area (Å²) in [6, 6.07) is 9.52. The molecule has 3 aromatic rings. The third-order valence-electron chi connectivity index (χ3n) is 4.38. The van der Waals surface area contributed by atoms with E-state index in [1.807, 2.05) is 0 Å². The van der Waals surface area contributed by atoms with Crippen molar-refractivity contribution in [1.29, 1.82) is 0 Å². The predicted molar refractivity (Wildman–Crippen MR) is 104 cm³/mol. The number of esters is 1. The number of furan rings is 1. The van der Waals surface area contributed by atoms with Gasteiger partial charge in [0.25, 0.3) is 11.6 Å². The van der Waals surface area contributed by atoms with E-state index in [9.17, 15) is 19.7 Å². The normalized spacial score (nSPS) is 10.6. The Labute approximate surface area is 165 Å². The summed E-state index contributed by atoms with van der Waals surface area (Å²) in [7, 11) is 1.53. The number of carbonyl (C=O) groups excluding carboxylic acids is 2. The van der Waals surface area contributed by atoms with Crippen LogP contribution in [0.3, 0.4) is 0 Å².